The number of esters is 1. The van der Waals surface area contributed by atoms with Gasteiger partial charge in [0.05, 0.1) is 6.42 Å². The average molecular weight is 397 g/mol. The molecule has 0 saturated heterocycles. The van der Waals surface area contributed by atoms with E-state index in [9.17, 15) is 24.5 Å². The van der Waals surface area contributed by atoms with Crippen molar-refractivity contribution >= 4 is 34.9 Å². The molecule has 9 heteroatoms. The summed E-state index contributed by atoms with van der Waals surface area (Å²) in [5, 5.41) is 13.9. The van der Waals surface area contributed by atoms with Crippen LogP contribution in [0.5, 0.6) is 0 Å². The van der Waals surface area contributed by atoms with Crippen molar-refractivity contribution in [2.24, 2.45) is 17.8 Å². The minimum absolute atomic E-state index is 0.158. The average Bonchev–Trinajstić information content (AvgIpc) is 2.83. The van der Waals surface area contributed by atoms with Gasteiger partial charge < -0.3 is 10.1 Å². The van der Waals surface area contributed by atoms with Crippen molar-refractivity contribution in [1.82, 2.24) is 0 Å². The van der Waals surface area contributed by atoms with Gasteiger partial charge in [-0.25, -0.2) is 0 Å². The first kappa shape index (κ1) is 20.8. The third-order valence-corrected chi connectivity index (χ3v) is 5.25. The summed E-state index contributed by atoms with van der Waals surface area (Å²) in [5.41, 5.74) is 1.20. The lowest BCUT2D eigenvalue weighted by Gasteiger charge is -2.17. The van der Waals surface area contributed by atoms with Crippen molar-refractivity contribution in [3.8, 4) is 0 Å². The van der Waals surface area contributed by atoms with Crippen LogP contribution in [0, 0.1) is 34.8 Å². The van der Waals surface area contributed by atoms with E-state index in [0.29, 0.717) is 16.3 Å². The molecule has 0 spiro atoms. The van der Waals surface area contributed by atoms with Crippen molar-refractivity contribution in [2.45, 2.75) is 26.7 Å². The SMILES string of the molecule is Cc1c(Cl)cccc1NC(=O)COC(=O)C[C@H]1C(=O)C[C@@H](C)[C@H]1C[N+](=O)[O-]. The van der Waals surface area contributed by atoms with Gasteiger partial charge in [-0.15, -0.1) is 0 Å². The number of anilines is 1. The second kappa shape index (κ2) is 8.94. The Bertz CT molecular complexity index is 766. The van der Waals surface area contributed by atoms with E-state index in [4.69, 9.17) is 16.3 Å². The molecule has 8 nitrogen and oxygen atoms in total. The van der Waals surface area contributed by atoms with Crippen molar-refractivity contribution < 1.29 is 24.0 Å². The number of halogens is 1. The molecular weight excluding hydrogens is 376 g/mol. The summed E-state index contributed by atoms with van der Waals surface area (Å²) < 4.78 is 4.94. The number of nitrogens with one attached hydrogen (secondary N) is 1. The number of ketones is 1. The Kier molecular flexibility index (Phi) is 6.90. The summed E-state index contributed by atoms with van der Waals surface area (Å²) in [6.07, 6.45) is -0.0455. The Morgan fingerprint density at radius 3 is 2.78 bits per heavy atom. The molecule has 0 unspecified atom stereocenters. The zero-order chi connectivity index (χ0) is 20.1. The summed E-state index contributed by atoms with van der Waals surface area (Å²) in [6, 6.07) is 5.04. The van der Waals surface area contributed by atoms with Crippen LogP contribution in [-0.4, -0.2) is 35.7 Å². The van der Waals surface area contributed by atoms with Crippen LogP contribution in [0.25, 0.3) is 0 Å². The number of ether oxygens (including phenoxy) is 1. The zero-order valence-corrected chi connectivity index (χ0v) is 15.8. The molecule has 0 bridgehead atoms. The van der Waals surface area contributed by atoms with Crippen LogP contribution in [0.2, 0.25) is 5.02 Å². The van der Waals surface area contributed by atoms with Gasteiger partial charge in [0, 0.05) is 33.9 Å². The number of benzene rings is 1. The van der Waals surface area contributed by atoms with Gasteiger partial charge in [-0.1, -0.05) is 24.6 Å². The minimum Gasteiger partial charge on any atom is -0.456 e. The number of carbonyl (C=O) groups is 3. The zero-order valence-electron chi connectivity index (χ0n) is 15.1. The van der Waals surface area contributed by atoms with Gasteiger partial charge >= 0.3 is 5.97 Å². The van der Waals surface area contributed by atoms with Gasteiger partial charge in [0.25, 0.3) is 5.91 Å². The maximum atomic E-state index is 12.0. The lowest BCUT2D eigenvalue weighted by atomic mass is 9.88. The predicted molar refractivity (Wildman–Crippen MR) is 98.0 cm³/mol. The fraction of sp³-hybridized carbons (Fsp3) is 0.500. The molecule has 1 aromatic carbocycles. The van der Waals surface area contributed by atoms with Crippen LogP contribution in [0.3, 0.4) is 0 Å². The molecule has 1 fully saturated rings. The monoisotopic (exact) mass is 396 g/mol. The van der Waals surface area contributed by atoms with Crippen molar-refractivity contribution in [3.05, 3.63) is 38.9 Å². The molecule has 3 atom stereocenters. The molecule has 1 aliphatic carbocycles. The minimum atomic E-state index is -0.740. The molecule has 1 aliphatic rings. The van der Waals surface area contributed by atoms with Gasteiger partial charge in [0.15, 0.2) is 6.61 Å². The van der Waals surface area contributed by atoms with Crippen LogP contribution >= 0.6 is 11.6 Å². The van der Waals surface area contributed by atoms with Crippen molar-refractivity contribution in [3.63, 3.8) is 0 Å². The van der Waals surface area contributed by atoms with Gasteiger partial charge in [-0.2, -0.15) is 0 Å². The Hall–Kier alpha value is -2.48. The van der Waals surface area contributed by atoms with E-state index in [0.717, 1.165) is 0 Å². The number of Topliss-reactive ketones (excluding diaryl/α,β-unsaturated/α-hetero) is 1. The first-order valence-corrected chi connectivity index (χ1v) is 8.92. The first-order valence-electron chi connectivity index (χ1n) is 8.54. The van der Waals surface area contributed by atoms with Crippen molar-refractivity contribution in [1.29, 1.82) is 0 Å². The molecule has 0 heterocycles. The Morgan fingerprint density at radius 2 is 2.11 bits per heavy atom. The molecular formula is C18H21ClN2O6. The number of carbonyl (C=O) groups excluding carboxylic acids is 3. The third-order valence-electron chi connectivity index (χ3n) is 4.84. The standard InChI is InChI=1S/C18H21ClN2O6/c1-10-6-16(22)12(13(10)8-21(25)26)7-18(24)27-9-17(23)20-15-5-3-4-14(19)11(15)2/h3-5,10,12-13H,6-9H2,1-2H3,(H,20,23)/t10-,12-,13-/m1/s1. The highest BCUT2D eigenvalue weighted by molar-refractivity contribution is 6.31. The number of hydrogen-bond donors (Lipinski definition) is 1. The van der Waals surface area contributed by atoms with E-state index in [1.54, 1.807) is 32.0 Å². The molecule has 2 rings (SSSR count). The Balaban J connectivity index is 1.88. The molecule has 1 N–H and O–H groups in total. The van der Waals surface area contributed by atoms with E-state index >= 15 is 0 Å². The van der Waals surface area contributed by atoms with Crippen LogP contribution in [0.1, 0.15) is 25.3 Å². The summed E-state index contributed by atoms with van der Waals surface area (Å²) in [7, 11) is 0. The van der Waals surface area contributed by atoms with Crippen LogP contribution in [0.15, 0.2) is 18.2 Å². The number of rotatable bonds is 7. The fourth-order valence-electron chi connectivity index (χ4n) is 3.31. The van der Waals surface area contributed by atoms with E-state index in [-0.39, 0.29) is 31.1 Å². The molecule has 1 aromatic rings. The van der Waals surface area contributed by atoms with Crippen LogP contribution in [0.4, 0.5) is 5.69 Å². The number of nitro groups is 1. The van der Waals surface area contributed by atoms with Crippen LogP contribution in [-0.2, 0) is 19.1 Å². The number of nitrogens with zero attached hydrogens (tertiary/aromatic N) is 1. The summed E-state index contributed by atoms with van der Waals surface area (Å²) in [5.74, 6) is -2.84. The summed E-state index contributed by atoms with van der Waals surface area (Å²) >= 11 is 5.98. The molecule has 0 radical (unpaired) electrons. The van der Waals surface area contributed by atoms with Crippen LogP contribution < -0.4 is 5.32 Å². The van der Waals surface area contributed by atoms with Gasteiger partial charge in [0.2, 0.25) is 6.54 Å². The molecule has 0 aliphatic heterocycles. The molecule has 146 valence electrons. The quantitative estimate of drug-likeness (QED) is 0.430. The molecule has 1 saturated carbocycles. The largest absolute Gasteiger partial charge is 0.456 e. The van der Waals surface area contributed by atoms with E-state index in [1.807, 2.05) is 0 Å². The highest BCUT2D eigenvalue weighted by atomic mass is 35.5. The lowest BCUT2D eigenvalue weighted by molar-refractivity contribution is -0.490. The van der Waals surface area contributed by atoms with E-state index < -0.39 is 35.2 Å². The second-order valence-corrected chi connectivity index (χ2v) is 7.17. The summed E-state index contributed by atoms with van der Waals surface area (Å²) in [6.45, 7) is 2.63. The first-order chi connectivity index (χ1) is 12.7. The van der Waals surface area contributed by atoms with Crippen molar-refractivity contribution in [2.75, 3.05) is 18.5 Å². The topological polar surface area (TPSA) is 116 Å². The lowest BCUT2D eigenvalue weighted by Crippen LogP contribution is -2.28. The van der Waals surface area contributed by atoms with Gasteiger partial charge in [-0.3, -0.25) is 24.5 Å². The highest BCUT2D eigenvalue weighted by Crippen LogP contribution is 2.36. The molecule has 0 aromatic heterocycles. The predicted octanol–water partition coefficient (Wildman–Crippen LogP) is 2.64. The maximum Gasteiger partial charge on any atom is 0.307 e. The van der Waals surface area contributed by atoms with Gasteiger partial charge in [0.1, 0.15) is 5.78 Å². The highest BCUT2D eigenvalue weighted by Gasteiger charge is 2.44. The van der Waals surface area contributed by atoms with E-state index in [1.165, 1.54) is 0 Å². The Labute approximate surface area is 161 Å². The fourth-order valence-corrected chi connectivity index (χ4v) is 3.49. The second-order valence-electron chi connectivity index (χ2n) is 6.76. The van der Waals surface area contributed by atoms with E-state index in [2.05, 4.69) is 5.32 Å². The molecule has 1 amide bonds. The normalized spacial score (nSPS) is 21.7. The number of amides is 1. The molecule has 27 heavy (non-hydrogen) atoms. The smallest absolute Gasteiger partial charge is 0.307 e. The number of hydrogen-bond acceptors (Lipinski definition) is 6. The van der Waals surface area contributed by atoms with Gasteiger partial charge in [-0.05, 0) is 30.5 Å². The Morgan fingerprint density at radius 1 is 1.41 bits per heavy atom. The summed E-state index contributed by atoms with van der Waals surface area (Å²) in [4.78, 5) is 46.3. The maximum absolute atomic E-state index is 12.0. The third kappa shape index (κ3) is 5.50.